The van der Waals surface area contributed by atoms with E-state index in [1.54, 1.807) is 0 Å². The highest BCUT2D eigenvalue weighted by Crippen LogP contribution is 2.25. The summed E-state index contributed by atoms with van der Waals surface area (Å²) in [4.78, 5) is 0. The van der Waals surface area contributed by atoms with Gasteiger partial charge in [0.1, 0.15) is 0 Å². The Hall–Kier alpha value is -1.94. The SMILES string of the molecule is CO[Si](=O)OC(C)(CCc1ccccc1)CCc1ccccc1. The van der Waals surface area contributed by atoms with E-state index in [2.05, 4.69) is 24.3 Å². The molecule has 0 N–H and O–H groups in total. The average Bonchev–Trinajstić information content (AvgIpc) is 2.60. The average molecular weight is 328 g/mol. The molecule has 4 heteroatoms. The van der Waals surface area contributed by atoms with Crippen LogP contribution in [0.1, 0.15) is 30.9 Å². The van der Waals surface area contributed by atoms with Gasteiger partial charge < -0.3 is 8.85 Å². The lowest BCUT2D eigenvalue weighted by atomic mass is 9.90. The van der Waals surface area contributed by atoms with Crippen LogP contribution in [-0.2, 0) is 26.2 Å². The van der Waals surface area contributed by atoms with Crippen molar-refractivity contribution < 1.29 is 13.3 Å². The van der Waals surface area contributed by atoms with Crippen molar-refractivity contribution in [2.45, 2.75) is 38.2 Å². The molecule has 2 rings (SSSR count). The molecular weight excluding hydrogens is 304 g/mol. The molecule has 0 spiro atoms. The van der Waals surface area contributed by atoms with Crippen LogP contribution in [0.5, 0.6) is 0 Å². The normalized spacial score (nSPS) is 11.0. The van der Waals surface area contributed by atoms with E-state index in [0.717, 1.165) is 25.7 Å². The van der Waals surface area contributed by atoms with Gasteiger partial charge in [-0.3, -0.25) is 4.46 Å². The molecule has 0 heterocycles. The highest BCUT2D eigenvalue weighted by molar-refractivity contribution is 6.26. The summed E-state index contributed by atoms with van der Waals surface area (Å²) in [5.41, 5.74) is 2.07. The number of aryl methyl sites for hydroxylation is 2. The lowest BCUT2D eigenvalue weighted by Gasteiger charge is -2.30. The standard InChI is InChI=1S/C19H24O3Si/c1-19(22-23(20)21-2,15-13-17-9-5-3-6-10-17)16-14-18-11-7-4-8-12-18/h3-12H,13-16H2,1-2H3. The minimum Gasteiger partial charge on any atom is -0.499 e. The highest BCUT2D eigenvalue weighted by Gasteiger charge is 2.30. The van der Waals surface area contributed by atoms with Gasteiger partial charge in [-0.1, -0.05) is 60.7 Å². The Bertz CT molecular complexity index is 555. The topological polar surface area (TPSA) is 35.5 Å². The number of hydrogen-bond acceptors (Lipinski definition) is 3. The zero-order valence-electron chi connectivity index (χ0n) is 13.8. The van der Waals surface area contributed by atoms with Crippen LogP contribution < -0.4 is 0 Å². The summed E-state index contributed by atoms with van der Waals surface area (Å²) >= 11 is 0. The van der Waals surface area contributed by atoms with Crippen LogP contribution in [0.2, 0.25) is 0 Å². The molecule has 0 unspecified atom stereocenters. The molecule has 0 saturated carbocycles. The van der Waals surface area contributed by atoms with Gasteiger partial charge in [0.15, 0.2) is 0 Å². The summed E-state index contributed by atoms with van der Waals surface area (Å²) in [6.07, 6.45) is 3.41. The summed E-state index contributed by atoms with van der Waals surface area (Å²) in [5, 5.41) is 0. The molecule has 2 aromatic rings. The summed E-state index contributed by atoms with van der Waals surface area (Å²) in [5.74, 6) is 0. The lowest BCUT2D eigenvalue weighted by molar-refractivity contribution is 0.0315. The molecule has 2 aromatic carbocycles. The highest BCUT2D eigenvalue weighted by atomic mass is 28.3. The summed E-state index contributed by atoms with van der Waals surface area (Å²) in [6.45, 7) is 2.03. The fraction of sp³-hybridized carbons (Fsp3) is 0.368. The first-order valence-corrected chi connectivity index (χ1v) is 9.19. The van der Waals surface area contributed by atoms with Gasteiger partial charge in [-0.15, -0.1) is 0 Å². The fourth-order valence-electron chi connectivity index (χ4n) is 2.58. The van der Waals surface area contributed by atoms with Gasteiger partial charge in [0, 0.05) is 0 Å². The molecule has 0 aliphatic rings. The Morgan fingerprint density at radius 2 is 1.30 bits per heavy atom. The van der Waals surface area contributed by atoms with Crippen molar-refractivity contribution in [3.05, 3.63) is 71.8 Å². The first kappa shape index (κ1) is 17.4. The molecule has 3 nitrogen and oxygen atoms in total. The largest absolute Gasteiger partial charge is 0.767 e. The number of benzene rings is 2. The predicted molar refractivity (Wildman–Crippen MR) is 92.5 cm³/mol. The molecule has 0 radical (unpaired) electrons. The van der Waals surface area contributed by atoms with Crippen LogP contribution in [0.15, 0.2) is 60.7 Å². The van der Waals surface area contributed by atoms with Gasteiger partial charge >= 0.3 is 9.17 Å². The Morgan fingerprint density at radius 3 is 1.70 bits per heavy atom. The second-order valence-corrected chi connectivity index (χ2v) is 7.09. The van der Waals surface area contributed by atoms with Crippen molar-refractivity contribution in [1.82, 2.24) is 0 Å². The van der Waals surface area contributed by atoms with E-state index in [4.69, 9.17) is 8.85 Å². The predicted octanol–water partition coefficient (Wildman–Crippen LogP) is 4.09. The van der Waals surface area contributed by atoms with E-state index in [1.807, 2.05) is 43.3 Å². The smallest absolute Gasteiger partial charge is 0.499 e. The quantitative estimate of drug-likeness (QED) is 0.650. The molecule has 0 saturated heterocycles. The Labute approximate surface area is 140 Å². The first-order valence-electron chi connectivity index (χ1n) is 7.96. The van der Waals surface area contributed by atoms with Gasteiger partial charge in [0.2, 0.25) is 0 Å². The summed E-state index contributed by atoms with van der Waals surface area (Å²) in [7, 11) is -1.02. The third-order valence-corrected chi connectivity index (χ3v) is 5.06. The second kappa shape index (κ2) is 8.63. The zero-order valence-corrected chi connectivity index (χ0v) is 14.8. The van der Waals surface area contributed by atoms with E-state index in [9.17, 15) is 4.46 Å². The molecule has 122 valence electrons. The minimum absolute atomic E-state index is 0.461. The van der Waals surface area contributed by atoms with Gasteiger partial charge in [-0.2, -0.15) is 0 Å². The van der Waals surface area contributed by atoms with E-state index >= 15 is 0 Å². The van der Waals surface area contributed by atoms with E-state index in [1.165, 1.54) is 18.2 Å². The van der Waals surface area contributed by atoms with Crippen LogP contribution in [0.3, 0.4) is 0 Å². The molecule has 0 aliphatic carbocycles. The third-order valence-electron chi connectivity index (χ3n) is 4.07. The number of hydrogen-bond donors (Lipinski definition) is 0. The molecule has 23 heavy (non-hydrogen) atoms. The molecular formula is C19H24O3Si. The Kier molecular flexibility index (Phi) is 6.53. The van der Waals surface area contributed by atoms with Crippen LogP contribution in [-0.4, -0.2) is 21.9 Å². The maximum Gasteiger partial charge on any atom is 0.767 e. The molecule has 0 bridgehead atoms. The van der Waals surface area contributed by atoms with Crippen molar-refractivity contribution in [2.24, 2.45) is 0 Å². The molecule has 0 atom stereocenters. The van der Waals surface area contributed by atoms with Gasteiger partial charge in [-0.05, 0) is 43.7 Å². The molecule has 0 aliphatic heterocycles. The lowest BCUT2D eigenvalue weighted by Crippen LogP contribution is -2.34. The summed E-state index contributed by atoms with van der Waals surface area (Å²) < 4.78 is 22.4. The first-order chi connectivity index (χ1) is 11.1. The van der Waals surface area contributed by atoms with Crippen molar-refractivity contribution in [3.8, 4) is 0 Å². The van der Waals surface area contributed by atoms with Crippen LogP contribution >= 0.6 is 0 Å². The number of rotatable bonds is 9. The van der Waals surface area contributed by atoms with Crippen molar-refractivity contribution in [3.63, 3.8) is 0 Å². The monoisotopic (exact) mass is 328 g/mol. The van der Waals surface area contributed by atoms with Crippen LogP contribution in [0.4, 0.5) is 0 Å². The third kappa shape index (κ3) is 5.98. The molecule has 0 fully saturated rings. The fourth-order valence-corrected chi connectivity index (χ4v) is 3.27. The minimum atomic E-state index is -2.44. The Morgan fingerprint density at radius 1 is 0.870 bits per heavy atom. The van der Waals surface area contributed by atoms with E-state index in [0.29, 0.717) is 0 Å². The zero-order chi connectivity index (χ0) is 16.5. The maximum atomic E-state index is 11.8. The summed E-state index contributed by atoms with van der Waals surface area (Å²) in [6, 6.07) is 20.6. The van der Waals surface area contributed by atoms with Crippen LogP contribution in [0, 0.1) is 0 Å². The molecule has 0 amide bonds. The van der Waals surface area contributed by atoms with Crippen molar-refractivity contribution in [1.29, 1.82) is 0 Å². The van der Waals surface area contributed by atoms with Crippen molar-refractivity contribution >= 4 is 9.17 Å². The van der Waals surface area contributed by atoms with Gasteiger partial charge in [0.05, 0.1) is 12.7 Å². The van der Waals surface area contributed by atoms with Gasteiger partial charge in [0.25, 0.3) is 0 Å². The van der Waals surface area contributed by atoms with E-state index in [-0.39, 0.29) is 0 Å². The molecule has 0 aromatic heterocycles. The Balaban J connectivity index is 2.00. The van der Waals surface area contributed by atoms with Crippen LogP contribution in [0.25, 0.3) is 0 Å². The van der Waals surface area contributed by atoms with Crippen molar-refractivity contribution in [2.75, 3.05) is 7.11 Å². The second-order valence-electron chi connectivity index (χ2n) is 5.98. The maximum absolute atomic E-state index is 11.8. The van der Waals surface area contributed by atoms with E-state index < -0.39 is 14.8 Å². The van der Waals surface area contributed by atoms with Gasteiger partial charge in [-0.25, -0.2) is 0 Å².